The average Bonchev–Trinajstić information content (AvgIpc) is 2.14. The van der Waals surface area contributed by atoms with Gasteiger partial charge in [0, 0.05) is 5.69 Å². The molecule has 0 aliphatic heterocycles. The molecule has 1 rings (SSSR count). The van der Waals surface area contributed by atoms with E-state index in [0.717, 1.165) is 0 Å². The van der Waals surface area contributed by atoms with Crippen molar-refractivity contribution in [2.75, 3.05) is 5.73 Å². The predicted molar refractivity (Wildman–Crippen MR) is 68.2 cm³/mol. The summed E-state index contributed by atoms with van der Waals surface area (Å²) in [6, 6.07) is 1.60. The van der Waals surface area contributed by atoms with Gasteiger partial charge in [-0.15, -0.1) is 0 Å². The Hall–Kier alpha value is -1.29. The average molecular weight is 257 g/mol. The molecule has 1 aromatic rings. The number of rotatable bonds is 3. The molecule has 0 unspecified atom stereocenters. The number of pyridine rings is 1. The van der Waals surface area contributed by atoms with E-state index in [2.05, 4.69) is 4.98 Å². The Bertz CT molecular complexity index is 421. The molecule has 0 amide bonds. The van der Waals surface area contributed by atoms with E-state index in [1.165, 1.54) is 0 Å². The van der Waals surface area contributed by atoms with Crippen molar-refractivity contribution in [1.29, 1.82) is 0 Å². The summed E-state index contributed by atoms with van der Waals surface area (Å²) >= 11 is 5.91. The van der Waals surface area contributed by atoms with Crippen molar-refractivity contribution in [3.63, 3.8) is 0 Å². The van der Waals surface area contributed by atoms with Crippen molar-refractivity contribution >= 4 is 23.3 Å². The predicted octanol–water partition coefficient (Wildman–Crippen LogP) is 2.97. The number of aryl methyl sites for hydroxylation is 1. The van der Waals surface area contributed by atoms with Gasteiger partial charge in [0.25, 0.3) is 0 Å². The number of nitrogen functional groups attached to an aromatic ring is 1. The minimum atomic E-state index is -0.544. The summed E-state index contributed by atoms with van der Waals surface area (Å²) in [5.74, 6) is -0.535. The van der Waals surface area contributed by atoms with Gasteiger partial charge in [-0.2, -0.15) is 0 Å². The van der Waals surface area contributed by atoms with Crippen molar-refractivity contribution in [2.24, 2.45) is 0 Å². The van der Waals surface area contributed by atoms with Crippen LogP contribution in [0, 0.1) is 6.92 Å². The largest absolute Gasteiger partial charge is 0.456 e. The van der Waals surface area contributed by atoms with Crippen LogP contribution in [0.25, 0.3) is 0 Å². The Morgan fingerprint density at radius 3 is 2.65 bits per heavy atom. The van der Waals surface area contributed by atoms with Crippen molar-refractivity contribution in [3.05, 3.63) is 22.5 Å². The smallest absolute Gasteiger partial charge is 0.343 e. The van der Waals surface area contributed by atoms with Crippen LogP contribution >= 0.6 is 11.6 Å². The molecule has 5 heteroatoms. The van der Waals surface area contributed by atoms with Crippen LogP contribution in [0.15, 0.2) is 6.07 Å². The molecule has 0 atom stereocenters. The van der Waals surface area contributed by atoms with Crippen LogP contribution < -0.4 is 5.73 Å². The number of carbonyl (C=O) groups is 1. The van der Waals surface area contributed by atoms with Crippen LogP contribution in [0.4, 0.5) is 5.69 Å². The Labute approximate surface area is 106 Å². The lowest BCUT2D eigenvalue weighted by Crippen LogP contribution is -2.27. The molecule has 17 heavy (non-hydrogen) atoms. The van der Waals surface area contributed by atoms with Crippen LogP contribution in [0.1, 0.15) is 43.2 Å². The SMILES string of the molecule is CCC(C)(C)OC(=O)c1c(N)cc(C)nc1Cl. The first-order chi connectivity index (χ1) is 7.76. The molecule has 0 aromatic carbocycles. The van der Waals surface area contributed by atoms with E-state index >= 15 is 0 Å². The first kappa shape index (κ1) is 13.8. The van der Waals surface area contributed by atoms with Crippen LogP contribution in [0.5, 0.6) is 0 Å². The molecule has 1 heterocycles. The molecular formula is C12H17ClN2O2. The summed E-state index contributed by atoms with van der Waals surface area (Å²) in [6.45, 7) is 7.35. The number of carbonyl (C=O) groups excluding carboxylic acids is 1. The summed E-state index contributed by atoms with van der Waals surface area (Å²) in [5.41, 5.74) is 6.31. The van der Waals surface area contributed by atoms with E-state index in [9.17, 15) is 4.79 Å². The highest BCUT2D eigenvalue weighted by Gasteiger charge is 2.25. The van der Waals surface area contributed by atoms with E-state index in [4.69, 9.17) is 22.1 Å². The Morgan fingerprint density at radius 1 is 1.59 bits per heavy atom. The number of halogens is 1. The molecule has 0 bridgehead atoms. The van der Waals surface area contributed by atoms with Gasteiger partial charge in [0.2, 0.25) is 0 Å². The van der Waals surface area contributed by atoms with E-state index < -0.39 is 11.6 Å². The van der Waals surface area contributed by atoms with Gasteiger partial charge in [0.15, 0.2) is 0 Å². The second-order valence-electron chi connectivity index (χ2n) is 4.52. The highest BCUT2D eigenvalue weighted by atomic mass is 35.5. The molecule has 0 saturated carbocycles. The number of anilines is 1. The third-order valence-corrected chi connectivity index (χ3v) is 2.83. The zero-order valence-electron chi connectivity index (χ0n) is 10.5. The molecule has 0 aliphatic rings. The van der Waals surface area contributed by atoms with E-state index in [0.29, 0.717) is 17.8 Å². The monoisotopic (exact) mass is 256 g/mol. The molecule has 0 saturated heterocycles. The standard InChI is InChI=1S/C12H17ClN2O2/c1-5-12(3,4)17-11(16)9-8(14)6-7(2)15-10(9)13/h6H,5H2,1-4H3,(H2,14,15). The van der Waals surface area contributed by atoms with E-state index in [1.807, 2.05) is 20.8 Å². The van der Waals surface area contributed by atoms with Crippen molar-refractivity contribution in [2.45, 2.75) is 39.7 Å². The zero-order valence-corrected chi connectivity index (χ0v) is 11.3. The lowest BCUT2D eigenvalue weighted by Gasteiger charge is -2.23. The zero-order chi connectivity index (χ0) is 13.2. The van der Waals surface area contributed by atoms with Crippen molar-refractivity contribution in [3.8, 4) is 0 Å². The molecule has 4 nitrogen and oxygen atoms in total. The first-order valence-corrected chi connectivity index (χ1v) is 5.80. The Kier molecular flexibility index (Phi) is 3.98. The normalized spacial score (nSPS) is 11.4. The minimum absolute atomic E-state index is 0.0828. The fourth-order valence-corrected chi connectivity index (χ4v) is 1.56. The lowest BCUT2D eigenvalue weighted by molar-refractivity contribution is -0.00232. The fraction of sp³-hybridized carbons (Fsp3) is 0.500. The van der Waals surface area contributed by atoms with E-state index in [-0.39, 0.29) is 10.7 Å². The quantitative estimate of drug-likeness (QED) is 0.667. The molecule has 2 N–H and O–H groups in total. The molecule has 0 aliphatic carbocycles. The maximum atomic E-state index is 11.9. The number of ether oxygens (including phenoxy) is 1. The number of hydrogen-bond acceptors (Lipinski definition) is 4. The van der Waals surface area contributed by atoms with Gasteiger partial charge in [0.1, 0.15) is 16.3 Å². The molecule has 94 valence electrons. The highest BCUT2D eigenvalue weighted by molar-refractivity contribution is 6.33. The van der Waals surface area contributed by atoms with Crippen LogP contribution in [-0.2, 0) is 4.74 Å². The van der Waals surface area contributed by atoms with Crippen LogP contribution in [0.3, 0.4) is 0 Å². The number of nitrogens with two attached hydrogens (primary N) is 1. The third kappa shape index (κ3) is 3.33. The summed E-state index contributed by atoms with van der Waals surface area (Å²) < 4.78 is 5.33. The number of esters is 1. The van der Waals surface area contributed by atoms with Gasteiger partial charge in [-0.3, -0.25) is 0 Å². The second kappa shape index (κ2) is 4.92. The van der Waals surface area contributed by atoms with Gasteiger partial charge >= 0.3 is 5.97 Å². The van der Waals surface area contributed by atoms with Crippen LogP contribution in [0.2, 0.25) is 5.15 Å². The Morgan fingerprint density at radius 2 is 2.18 bits per heavy atom. The van der Waals surface area contributed by atoms with Gasteiger partial charge < -0.3 is 10.5 Å². The molecular weight excluding hydrogens is 240 g/mol. The van der Waals surface area contributed by atoms with Crippen LogP contribution in [-0.4, -0.2) is 16.6 Å². The summed E-state index contributed by atoms with van der Waals surface area (Å²) in [4.78, 5) is 15.9. The van der Waals surface area contributed by atoms with Gasteiger partial charge in [-0.1, -0.05) is 18.5 Å². The molecule has 0 fully saturated rings. The second-order valence-corrected chi connectivity index (χ2v) is 4.88. The fourth-order valence-electron chi connectivity index (χ4n) is 1.24. The topological polar surface area (TPSA) is 65.2 Å². The maximum Gasteiger partial charge on any atom is 0.343 e. The van der Waals surface area contributed by atoms with Gasteiger partial charge in [-0.25, -0.2) is 9.78 Å². The van der Waals surface area contributed by atoms with Gasteiger partial charge in [-0.05, 0) is 33.3 Å². The van der Waals surface area contributed by atoms with Gasteiger partial charge in [0.05, 0.1) is 5.69 Å². The minimum Gasteiger partial charge on any atom is -0.456 e. The number of aromatic nitrogens is 1. The highest BCUT2D eigenvalue weighted by Crippen LogP contribution is 2.25. The molecule has 1 aromatic heterocycles. The lowest BCUT2D eigenvalue weighted by atomic mass is 10.1. The Balaban J connectivity index is 3.05. The first-order valence-electron chi connectivity index (χ1n) is 5.43. The van der Waals surface area contributed by atoms with E-state index in [1.54, 1.807) is 13.0 Å². The number of hydrogen-bond donors (Lipinski definition) is 1. The summed E-state index contributed by atoms with van der Waals surface area (Å²) in [5, 5.41) is 0.0828. The molecule has 0 spiro atoms. The third-order valence-electron chi connectivity index (χ3n) is 2.56. The van der Waals surface area contributed by atoms with Crippen molar-refractivity contribution in [1.82, 2.24) is 4.98 Å². The maximum absolute atomic E-state index is 11.9. The molecule has 0 radical (unpaired) electrons. The summed E-state index contributed by atoms with van der Waals surface area (Å²) in [6.07, 6.45) is 0.704. The summed E-state index contributed by atoms with van der Waals surface area (Å²) in [7, 11) is 0. The van der Waals surface area contributed by atoms with Crippen molar-refractivity contribution < 1.29 is 9.53 Å². The number of nitrogens with zero attached hydrogens (tertiary/aromatic N) is 1.